The van der Waals surface area contributed by atoms with E-state index in [1.54, 1.807) is 4.31 Å². The van der Waals surface area contributed by atoms with Gasteiger partial charge >= 0.3 is 0 Å². The molecule has 0 N–H and O–H groups in total. The Morgan fingerprint density at radius 2 is 2.11 bits per heavy atom. The number of thiophene rings is 1. The minimum absolute atomic E-state index is 0.0728. The van der Waals surface area contributed by atoms with Crippen molar-refractivity contribution in [3.63, 3.8) is 0 Å². The summed E-state index contributed by atoms with van der Waals surface area (Å²) in [6, 6.07) is 0.0728. The third-order valence-corrected chi connectivity index (χ3v) is 7.61. The third-order valence-electron chi connectivity index (χ3n) is 3.74. The summed E-state index contributed by atoms with van der Waals surface area (Å²) in [7, 11) is -3.41. The lowest BCUT2D eigenvalue weighted by atomic mass is 9.97. The summed E-state index contributed by atoms with van der Waals surface area (Å²) < 4.78 is 27.4. The van der Waals surface area contributed by atoms with E-state index >= 15 is 0 Å². The van der Waals surface area contributed by atoms with Gasteiger partial charge in [0.1, 0.15) is 4.90 Å². The molecule has 0 aliphatic carbocycles. The Hall–Kier alpha value is -0.100. The van der Waals surface area contributed by atoms with Crippen molar-refractivity contribution in [2.24, 2.45) is 5.92 Å². The van der Waals surface area contributed by atoms with E-state index in [9.17, 15) is 8.42 Å². The molecular formula is C13H20ClNO2S2. The van der Waals surface area contributed by atoms with Crippen molar-refractivity contribution in [3.8, 4) is 0 Å². The van der Waals surface area contributed by atoms with Crippen LogP contribution in [0.15, 0.2) is 10.3 Å². The molecule has 0 spiro atoms. The van der Waals surface area contributed by atoms with Gasteiger partial charge in [0, 0.05) is 17.5 Å². The van der Waals surface area contributed by atoms with Crippen LogP contribution in [0.5, 0.6) is 0 Å². The average Bonchev–Trinajstić information content (AvgIpc) is 2.74. The van der Waals surface area contributed by atoms with Crippen LogP contribution in [0.3, 0.4) is 0 Å². The Kier molecular flexibility index (Phi) is 4.60. The van der Waals surface area contributed by atoms with Crippen molar-refractivity contribution >= 4 is 33.0 Å². The number of alkyl halides is 1. The summed E-state index contributed by atoms with van der Waals surface area (Å²) >= 11 is 7.31. The van der Waals surface area contributed by atoms with Crippen LogP contribution in [0.1, 0.15) is 37.1 Å². The molecule has 1 fully saturated rings. The van der Waals surface area contributed by atoms with Gasteiger partial charge in [-0.3, -0.25) is 0 Å². The predicted octanol–water partition coefficient (Wildman–Crippen LogP) is 3.60. The number of piperidine rings is 1. The maximum Gasteiger partial charge on any atom is 0.244 e. The van der Waals surface area contributed by atoms with Crippen molar-refractivity contribution in [2.45, 2.75) is 50.4 Å². The summed E-state index contributed by atoms with van der Waals surface area (Å²) in [6.45, 7) is 6.56. The Balaban J connectivity index is 2.44. The summed E-state index contributed by atoms with van der Waals surface area (Å²) in [6.07, 6.45) is 2.03. The van der Waals surface area contributed by atoms with Gasteiger partial charge in [-0.05, 0) is 43.6 Å². The number of hydrogen-bond acceptors (Lipinski definition) is 3. The summed E-state index contributed by atoms with van der Waals surface area (Å²) in [5.41, 5.74) is 0.811. The van der Waals surface area contributed by atoms with Crippen molar-refractivity contribution in [2.75, 3.05) is 6.54 Å². The van der Waals surface area contributed by atoms with Gasteiger partial charge in [-0.25, -0.2) is 8.42 Å². The lowest BCUT2D eigenvalue weighted by Crippen LogP contribution is -2.45. The molecule has 1 aromatic heterocycles. The van der Waals surface area contributed by atoms with Crippen molar-refractivity contribution in [1.29, 1.82) is 0 Å². The predicted molar refractivity (Wildman–Crippen MR) is 80.4 cm³/mol. The number of rotatable bonds is 3. The highest BCUT2D eigenvalue weighted by Crippen LogP contribution is 2.34. The molecule has 6 heteroatoms. The topological polar surface area (TPSA) is 37.4 Å². The third kappa shape index (κ3) is 2.84. The molecule has 2 unspecified atom stereocenters. The highest BCUT2D eigenvalue weighted by molar-refractivity contribution is 7.89. The first-order chi connectivity index (χ1) is 8.87. The lowest BCUT2D eigenvalue weighted by molar-refractivity contribution is 0.218. The van der Waals surface area contributed by atoms with E-state index in [4.69, 9.17) is 11.6 Å². The van der Waals surface area contributed by atoms with Crippen LogP contribution in [0.4, 0.5) is 0 Å². The highest BCUT2D eigenvalue weighted by Gasteiger charge is 2.36. The van der Waals surface area contributed by atoms with E-state index in [1.807, 2.05) is 19.2 Å². The van der Waals surface area contributed by atoms with Crippen LogP contribution in [-0.2, 0) is 15.9 Å². The van der Waals surface area contributed by atoms with E-state index in [0.717, 1.165) is 23.3 Å². The van der Waals surface area contributed by atoms with Crippen molar-refractivity contribution in [3.05, 3.63) is 15.8 Å². The standard InChI is InChI=1S/C13H20ClNO2S2/c1-9-4-5-11(3)15(7-9)19(16,17)13-10(2)8-18-12(13)6-14/h8-9,11H,4-7H2,1-3H3. The largest absolute Gasteiger partial charge is 0.244 e. The Labute approximate surface area is 124 Å². The van der Waals surface area contributed by atoms with E-state index in [1.165, 1.54) is 11.3 Å². The zero-order valence-corrected chi connectivity index (χ0v) is 13.9. The molecule has 108 valence electrons. The van der Waals surface area contributed by atoms with Gasteiger partial charge in [0.2, 0.25) is 10.0 Å². The van der Waals surface area contributed by atoms with Crippen LogP contribution in [-0.4, -0.2) is 25.3 Å². The second kappa shape index (κ2) is 5.72. The van der Waals surface area contributed by atoms with E-state index in [2.05, 4.69) is 6.92 Å². The smallest absolute Gasteiger partial charge is 0.207 e. The molecule has 1 saturated heterocycles. The fourth-order valence-electron chi connectivity index (χ4n) is 2.63. The van der Waals surface area contributed by atoms with Crippen LogP contribution in [0.2, 0.25) is 0 Å². The van der Waals surface area contributed by atoms with Crippen LogP contribution in [0, 0.1) is 12.8 Å². The fourth-order valence-corrected chi connectivity index (χ4v) is 6.42. The first-order valence-electron chi connectivity index (χ1n) is 6.52. The monoisotopic (exact) mass is 321 g/mol. The zero-order valence-electron chi connectivity index (χ0n) is 11.5. The molecule has 0 bridgehead atoms. The number of nitrogens with zero attached hydrogens (tertiary/aromatic N) is 1. The van der Waals surface area contributed by atoms with E-state index in [-0.39, 0.29) is 11.9 Å². The van der Waals surface area contributed by atoms with E-state index < -0.39 is 10.0 Å². The number of sulfonamides is 1. The van der Waals surface area contributed by atoms with Gasteiger partial charge in [-0.1, -0.05) is 6.92 Å². The van der Waals surface area contributed by atoms with Crippen LogP contribution >= 0.6 is 22.9 Å². The first-order valence-corrected chi connectivity index (χ1v) is 9.38. The molecule has 1 aliphatic heterocycles. The fraction of sp³-hybridized carbons (Fsp3) is 0.692. The van der Waals surface area contributed by atoms with Gasteiger partial charge in [-0.15, -0.1) is 22.9 Å². The molecular weight excluding hydrogens is 302 g/mol. The van der Waals surface area contributed by atoms with Gasteiger partial charge in [0.15, 0.2) is 0 Å². The number of hydrogen-bond donors (Lipinski definition) is 0. The molecule has 19 heavy (non-hydrogen) atoms. The van der Waals surface area contributed by atoms with Crippen molar-refractivity contribution in [1.82, 2.24) is 4.31 Å². The molecule has 0 radical (unpaired) electrons. The molecule has 1 aromatic rings. The van der Waals surface area contributed by atoms with E-state index in [0.29, 0.717) is 17.4 Å². The van der Waals surface area contributed by atoms with Crippen LogP contribution < -0.4 is 0 Å². The molecule has 0 saturated carbocycles. The minimum Gasteiger partial charge on any atom is -0.207 e. The highest BCUT2D eigenvalue weighted by atomic mass is 35.5. The molecule has 2 atom stereocenters. The average molecular weight is 322 g/mol. The lowest BCUT2D eigenvalue weighted by Gasteiger charge is -2.35. The van der Waals surface area contributed by atoms with Gasteiger partial charge in [-0.2, -0.15) is 4.31 Å². The molecule has 0 amide bonds. The van der Waals surface area contributed by atoms with Crippen molar-refractivity contribution < 1.29 is 8.42 Å². The molecule has 3 nitrogen and oxygen atoms in total. The molecule has 2 rings (SSSR count). The van der Waals surface area contributed by atoms with Gasteiger partial charge in [0.05, 0.1) is 5.88 Å². The number of halogens is 1. The second-order valence-electron chi connectivity index (χ2n) is 5.41. The quantitative estimate of drug-likeness (QED) is 0.798. The minimum atomic E-state index is -3.41. The SMILES string of the molecule is Cc1csc(CCl)c1S(=O)(=O)N1CC(C)CCC1C. The number of aryl methyl sites for hydroxylation is 1. The van der Waals surface area contributed by atoms with Gasteiger partial charge < -0.3 is 0 Å². The summed E-state index contributed by atoms with van der Waals surface area (Å²) in [5, 5.41) is 1.88. The molecule has 0 aromatic carbocycles. The molecule has 2 heterocycles. The molecule has 1 aliphatic rings. The Morgan fingerprint density at radius 1 is 1.42 bits per heavy atom. The maximum atomic E-state index is 12.9. The Bertz CT molecular complexity index is 553. The van der Waals surface area contributed by atoms with Crippen LogP contribution in [0.25, 0.3) is 0 Å². The normalized spacial score (nSPS) is 25.7. The zero-order chi connectivity index (χ0) is 14.2. The Morgan fingerprint density at radius 3 is 2.74 bits per heavy atom. The summed E-state index contributed by atoms with van der Waals surface area (Å²) in [4.78, 5) is 1.19. The summed E-state index contributed by atoms with van der Waals surface area (Å²) in [5.74, 6) is 0.676. The van der Waals surface area contributed by atoms with Gasteiger partial charge in [0.25, 0.3) is 0 Å². The maximum absolute atomic E-state index is 12.9. The first kappa shape index (κ1) is 15.3. The second-order valence-corrected chi connectivity index (χ2v) is 8.47.